The molecule has 0 aromatic heterocycles. The summed E-state index contributed by atoms with van der Waals surface area (Å²) in [7, 11) is -2.83. The average Bonchev–Trinajstić information content (AvgIpc) is 2.90. The van der Waals surface area contributed by atoms with Crippen molar-refractivity contribution in [3.63, 3.8) is 0 Å². The summed E-state index contributed by atoms with van der Waals surface area (Å²) in [6.07, 6.45) is 0.923. The van der Waals surface area contributed by atoms with Crippen molar-refractivity contribution < 1.29 is 4.57 Å². The van der Waals surface area contributed by atoms with Crippen molar-refractivity contribution in [3.8, 4) is 0 Å². The van der Waals surface area contributed by atoms with Gasteiger partial charge in [-0.25, -0.2) is 0 Å². The Kier molecular flexibility index (Phi) is 6.71. The van der Waals surface area contributed by atoms with E-state index in [2.05, 4.69) is 89.9 Å². The summed E-state index contributed by atoms with van der Waals surface area (Å²) in [6, 6.07) is 40.0. The van der Waals surface area contributed by atoms with E-state index in [-0.39, 0.29) is 9.62 Å². The third kappa shape index (κ3) is 4.54. The van der Waals surface area contributed by atoms with Gasteiger partial charge >= 0.3 is 208 Å². The normalized spacial score (nSPS) is 18.5. The Morgan fingerprint density at radius 1 is 0.697 bits per heavy atom. The second kappa shape index (κ2) is 9.87. The van der Waals surface area contributed by atoms with E-state index in [9.17, 15) is 0 Å². The third-order valence-corrected chi connectivity index (χ3v) is 15.9. The molecular formula is C30H27OPTe. The summed E-state index contributed by atoms with van der Waals surface area (Å²) >= 11 is -0.685. The molecule has 0 fully saturated rings. The molecule has 1 aliphatic heterocycles. The van der Waals surface area contributed by atoms with Gasteiger partial charge in [-0.1, -0.05) is 0 Å². The van der Waals surface area contributed by atoms with Crippen LogP contribution in [0.15, 0.2) is 119 Å². The van der Waals surface area contributed by atoms with Gasteiger partial charge in [0.05, 0.1) is 0 Å². The zero-order valence-electron chi connectivity index (χ0n) is 18.7. The first-order valence-electron chi connectivity index (χ1n) is 11.3. The number of hydrogen-bond donors (Lipinski definition) is 0. The van der Waals surface area contributed by atoms with E-state index >= 15 is 4.57 Å². The molecule has 4 aromatic carbocycles. The zero-order chi connectivity index (χ0) is 22.7. The zero-order valence-corrected chi connectivity index (χ0v) is 21.9. The molecular weight excluding hydrogens is 535 g/mol. The predicted octanol–water partition coefficient (Wildman–Crippen LogP) is 6.57. The summed E-state index contributed by atoms with van der Waals surface area (Å²) < 4.78 is 17.9. The van der Waals surface area contributed by atoms with E-state index in [1.165, 1.54) is 22.3 Å². The number of aryl methyl sites for hydroxylation is 1. The van der Waals surface area contributed by atoms with E-state index in [0.29, 0.717) is 0 Å². The number of hydrogen-bond acceptors (Lipinski definition) is 1. The molecule has 2 atom stereocenters. The van der Waals surface area contributed by atoms with Gasteiger partial charge in [0.15, 0.2) is 0 Å². The molecule has 0 spiro atoms. The summed E-state index contributed by atoms with van der Waals surface area (Å²) in [4.78, 5) is 0. The van der Waals surface area contributed by atoms with Crippen LogP contribution >= 0.6 is 7.14 Å². The maximum atomic E-state index is 15.2. The Balaban J connectivity index is 1.66. The molecule has 0 unspecified atom stereocenters. The van der Waals surface area contributed by atoms with E-state index in [1.54, 1.807) is 0 Å². The summed E-state index contributed by atoms with van der Waals surface area (Å²) in [5.41, 5.74) is 5.30. The van der Waals surface area contributed by atoms with Crippen molar-refractivity contribution >= 4 is 44.2 Å². The summed E-state index contributed by atoms with van der Waals surface area (Å²) in [6.45, 7) is 2.13. The second-order valence-electron chi connectivity index (χ2n) is 8.59. The molecule has 33 heavy (non-hydrogen) atoms. The maximum absolute atomic E-state index is 15.2. The Bertz CT molecular complexity index is 1240. The molecule has 164 valence electrons. The molecule has 4 aromatic rings. The van der Waals surface area contributed by atoms with Crippen LogP contribution in [0.3, 0.4) is 0 Å². The van der Waals surface area contributed by atoms with Crippen molar-refractivity contribution in [2.45, 2.75) is 23.0 Å². The Hall–Kier alpha value is -2.36. The van der Waals surface area contributed by atoms with Crippen LogP contribution in [0.4, 0.5) is 0 Å². The molecule has 0 radical (unpaired) electrons. The fourth-order valence-corrected chi connectivity index (χ4v) is 14.5. The summed E-state index contributed by atoms with van der Waals surface area (Å²) in [5.74, 6) is 0.237. The molecule has 1 nitrogen and oxygen atoms in total. The SMILES string of the molecule is Cc1ccc(C2=C[Te][C@H](P(=O)(c3ccccc3)c3ccccc3)[C@@H](c3ccccc3)C2)cc1. The molecule has 5 rings (SSSR count). The standard InChI is InChI=1S/C30H27OPTe/c1-23-17-19-24(20-18-23)26-21-29(25-11-5-2-6-12-25)30(33-22-26)32(31,27-13-7-3-8-14-27)28-15-9-4-10-16-28/h2-20,22,29-30H,21H2,1H3/t29-,30+/m1/s1. The van der Waals surface area contributed by atoms with Gasteiger partial charge in [-0.05, 0) is 0 Å². The van der Waals surface area contributed by atoms with E-state index in [0.717, 1.165) is 17.0 Å². The second-order valence-corrected chi connectivity index (χ2v) is 15.5. The van der Waals surface area contributed by atoms with E-state index in [1.807, 2.05) is 36.4 Å². The van der Waals surface area contributed by atoms with Crippen molar-refractivity contribution in [1.29, 1.82) is 0 Å². The Morgan fingerprint density at radius 3 is 1.76 bits per heavy atom. The van der Waals surface area contributed by atoms with Gasteiger partial charge in [-0.2, -0.15) is 0 Å². The molecule has 0 amide bonds. The van der Waals surface area contributed by atoms with Gasteiger partial charge in [-0.3, -0.25) is 0 Å². The molecule has 0 aliphatic carbocycles. The number of rotatable bonds is 5. The van der Waals surface area contributed by atoms with Crippen molar-refractivity contribution in [3.05, 3.63) is 136 Å². The number of allylic oxidation sites excluding steroid dienone is 1. The monoisotopic (exact) mass is 564 g/mol. The molecule has 3 heteroatoms. The van der Waals surface area contributed by atoms with Crippen LogP contribution in [0, 0.1) is 6.92 Å². The van der Waals surface area contributed by atoms with Crippen LogP contribution in [0.5, 0.6) is 0 Å². The molecule has 1 heterocycles. The average molecular weight is 562 g/mol. The van der Waals surface area contributed by atoms with Crippen LogP contribution in [0.2, 0.25) is 0 Å². The van der Waals surface area contributed by atoms with Gasteiger partial charge < -0.3 is 0 Å². The van der Waals surface area contributed by atoms with Crippen molar-refractivity contribution in [1.82, 2.24) is 0 Å². The van der Waals surface area contributed by atoms with Gasteiger partial charge in [0, 0.05) is 0 Å². The van der Waals surface area contributed by atoms with Gasteiger partial charge in [-0.15, -0.1) is 0 Å². The van der Waals surface area contributed by atoms with E-state index < -0.39 is 28.1 Å². The third-order valence-electron chi connectivity index (χ3n) is 6.42. The van der Waals surface area contributed by atoms with Crippen molar-refractivity contribution in [2.75, 3.05) is 0 Å². The Morgan fingerprint density at radius 2 is 1.21 bits per heavy atom. The minimum atomic E-state index is -2.83. The quantitative estimate of drug-likeness (QED) is 0.199. The fraction of sp³-hybridized carbons (Fsp3) is 0.133. The number of benzene rings is 4. The van der Waals surface area contributed by atoms with E-state index in [4.69, 9.17) is 0 Å². The predicted molar refractivity (Wildman–Crippen MR) is 142 cm³/mol. The first-order chi connectivity index (χ1) is 16.2. The van der Waals surface area contributed by atoms with Gasteiger partial charge in [0.2, 0.25) is 0 Å². The molecule has 0 bridgehead atoms. The van der Waals surface area contributed by atoms with Crippen LogP contribution < -0.4 is 10.6 Å². The first kappa shape index (κ1) is 22.4. The van der Waals surface area contributed by atoms with Crippen molar-refractivity contribution in [2.24, 2.45) is 0 Å². The van der Waals surface area contributed by atoms with Gasteiger partial charge in [0.1, 0.15) is 0 Å². The topological polar surface area (TPSA) is 17.1 Å². The van der Waals surface area contributed by atoms with Crippen LogP contribution in [-0.2, 0) is 4.57 Å². The Labute approximate surface area is 207 Å². The van der Waals surface area contributed by atoms with Crippen LogP contribution in [-0.4, -0.2) is 24.6 Å². The van der Waals surface area contributed by atoms with Crippen LogP contribution in [0.25, 0.3) is 5.57 Å². The molecule has 0 saturated heterocycles. The summed E-state index contributed by atoms with van der Waals surface area (Å²) in [5, 5.41) is 1.97. The van der Waals surface area contributed by atoms with Gasteiger partial charge in [0.25, 0.3) is 0 Å². The molecule has 0 N–H and O–H groups in total. The fourth-order valence-electron chi connectivity index (χ4n) is 4.65. The minimum absolute atomic E-state index is 0.143. The molecule has 1 aliphatic rings. The first-order valence-corrected chi connectivity index (χ1v) is 15.8. The van der Waals surface area contributed by atoms with Crippen LogP contribution in [0.1, 0.15) is 29.0 Å². The molecule has 0 saturated carbocycles.